The number of alkyl halides is 3. The van der Waals surface area contributed by atoms with Gasteiger partial charge >= 0.3 is 6.18 Å². The Labute approximate surface area is 155 Å². The zero-order chi connectivity index (χ0) is 19.8. The van der Waals surface area contributed by atoms with Crippen molar-refractivity contribution in [1.29, 1.82) is 0 Å². The van der Waals surface area contributed by atoms with Crippen LogP contribution in [0.15, 0.2) is 6.07 Å². The number of halogens is 3. The number of anilines is 3. The Balaban J connectivity index is 1.76. The highest BCUT2D eigenvalue weighted by Crippen LogP contribution is 2.33. The van der Waals surface area contributed by atoms with E-state index in [0.29, 0.717) is 19.0 Å². The number of H-pyrrole nitrogens is 1. The van der Waals surface area contributed by atoms with Crippen LogP contribution in [-0.2, 0) is 6.18 Å². The summed E-state index contributed by atoms with van der Waals surface area (Å²) in [5, 5.41) is 7.12. The van der Waals surface area contributed by atoms with E-state index < -0.39 is 11.9 Å². The highest BCUT2D eigenvalue weighted by molar-refractivity contribution is 5.46. The van der Waals surface area contributed by atoms with Crippen LogP contribution in [0.5, 0.6) is 0 Å². The summed E-state index contributed by atoms with van der Waals surface area (Å²) in [6.45, 7) is 1.10. The van der Waals surface area contributed by atoms with Crippen molar-refractivity contribution in [2.24, 2.45) is 0 Å². The molecule has 0 aliphatic carbocycles. The van der Waals surface area contributed by atoms with E-state index in [1.165, 1.54) is 0 Å². The van der Waals surface area contributed by atoms with Crippen molar-refractivity contribution in [3.05, 3.63) is 17.6 Å². The molecule has 0 amide bonds. The van der Waals surface area contributed by atoms with Crippen LogP contribution in [0, 0.1) is 0 Å². The van der Waals surface area contributed by atoms with Gasteiger partial charge in [-0.2, -0.15) is 23.1 Å². The molecule has 27 heavy (non-hydrogen) atoms. The third-order valence-electron chi connectivity index (χ3n) is 4.50. The van der Waals surface area contributed by atoms with E-state index >= 15 is 0 Å². The molecule has 11 heteroatoms. The zero-order valence-corrected chi connectivity index (χ0v) is 15.7. The van der Waals surface area contributed by atoms with E-state index in [1.54, 1.807) is 23.9 Å². The summed E-state index contributed by atoms with van der Waals surface area (Å²) in [5.74, 6) is 1.95. The molecule has 0 atom stereocenters. The average Bonchev–Trinajstić information content (AvgIpc) is 3.11. The molecule has 2 aromatic rings. The molecule has 8 nitrogen and oxygen atoms in total. The largest absolute Gasteiger partial charge is 0.433 e. The topological polar surface area (TPSA) is 77.1 Å². The number of hydrogen-bond acceptors (Lipinski definition) is 7. The van der Waals surface area contributed by atoms with Crippen molar-refractivity contribution in [2.45, 2.75) is 24.9 Å². The smallest absolute Gasteiger partial charge is 0.363 e. The van der Waals surface area contributed by atoms with Crippen molar-refractivity contribution < 1.29 is 13.2 Å². The Bertz CT molecular complexity index is 778. The SMILES string of the molecule is CN(C)c1cc(C(F)(F)F)nc(N2CCC(c3nc(N(C)C)n[nH]3)CC2)n1. The second-order valence-corrected chi connectivity index (χ2v) is 6.98. The van der Waals surface area contributed by atoms with Gasteiger partial charge in [-0.15, -0.1) is 5.10 Å². The quantitative estimate of drug-likeness (QED) is 0.865. The van der Waals surface area contributed by atoms with Crippen molar-refractivity contribution in [3.63, 3.8) is 0 Å². The molecule has 0 saturated carbocycles. The number of aromatic nitrogens is 5. The number of aromatic amines is 1. The predicted octanol–water partition coefficient (Wildman–Crippen LogP) is 2.13. The van der Waals surface area contributed by atoms with Crippen LogP contribution in [0.2, 0.25) is 0 Å². The van der Waals surface area contributed by atoms with Gasteiger partial charge in [0.15, 0.2) is 5.69 Å². The van der Waals surface area contributed by atoms with Gasteiger partial charge in [0.25, 0.3) is 0 Å². The van der Waals surface area contributed by atoms with Gasteiger partial charge in [-0.1, -0.05) is 0 Å². The average molecular weight is 384 g/mol. The minimum atomic E-state index is -4.51. The summed E-state index contributed by atoms with van der Waals surface area (Å²) in [6, 6.07) is 0.966. The third kappa shape index (κ3) is 4.22. The lowest BCUT2D eigenvalue weighted by molar-refractivity contribution is -0.141. The molecule has 0 radical (unpaired) electrons. The van der Waals surface area contributed by atoms with Crippen molar-refractivity contribution in [1.82, 2.24) is 25.1 Å². The van der Waals surface area contributed by atoms with Crippen LogP contribution in [0.4, 0.5) is 30.9 Å². The Morgan fingerprint density at radius 2 is 1.70 bits per heavy atom. The first-order valence-corrected chi connectivity index (χ1v) is 8.63. The normalized spacial score (nSPS) is 15.9. The number of nitrogens with one attached hydrogen (secondary N) is 1. The first-order chi connectivity index (χ1) is 12.6. The maximum absolute atomic E-state index is 13.2. The second kappa shape index (κ2) is 7.20. The van der Waals surface area contributed by atoms with Crippen LogP contribution in [0.3, 0.4) is 0 Å². The van der Waals surface area contributed by atoms with E-state index in [1.807, 2.05) is 19.0 Å². The lowest BCUT2D eigenvalue weighted by atomic mass is 9.96. The Morgan fingerprint density at radius 3 is 2.22 bits per heavy atom. The molecule has 0 unspecified atom stereocenters. The van der Waals surface area contributed by atoms with Gasteiger partial charge in [-0.05, 0) is 12.8 Å². The van der Waals surface area contributed by atoms with Gasteiger partial charge < -0.3 is 14.7 Å². The predicted molar refractivity (Wildman–Crippen MR) is 96.3 cm³/mol. The van der Waals surface area contributed by atoms with Gasteiger partial charge in [-0.3, -0.25) is 5.10 Å². The van der Waals surface area contributed by atoms with Crippen molar-refractivity contribution in [2.75, 3.05) is 56.0 Å². The minimum Gasteiger partial charge on any atom is -0.363 e. The molecule has 1 aliphatic rings. The van der Waals surface area contributed by atoms with Gasteiger partial charge in [-0.25, -0.2) is 4.98 Å². The molecule has 0 bridgehead atoms. The van der Waals surface area contributed by atoms with E-state index in [9.17, 15) is 13.2 Å². The van der Waals surface area contributed by atoms with Gasteiger partial charge in [0.1, 0.15) is 11.6 Å². The highest BCUT2D eigenvalue weighted by atomic mass is 19.4. The fraction of sp³-hybridized carbons (Fsp3) is 0.625. The monoisotopic (exact) mass is 384 g/mol. The van der Waals surface area contributed by atoms with Gasteiger partial charge in [0.2, 0.25) is 11.9 Å². The van der Waals surface area contributed by atoms with Crippen molar-refractivity contribution >= 4 is 17.7 Å². The molecule has 0 aromatic carbocycles. The second-order valence-electron chi connectivity index (χ2n) is 6.98. The zero-order valence-electron chi connectivity index (χ0n) is 15.7. The van der Waals surface area contributed by atoms with Crippen molar-refractivity contribution in [3.8, 4) is 0 Å². The van der Waals surface area contributed by atoms with E-state index in [-0.39, 0.29) is 17.7 Å². The number of nitrogens with zero attached hydrogens (tertiary/aromatic N) is 7. The Morgan fingerprint density at radius 1 is 1.04 bits per heavy atom. The maximum Gasteiger partial charge on any atom is 0.433 e. The molecule has 2 aromatic heterocycles. The highest BCUT2D eigenvalue weighted by Gasteiger charge is 2.35. The maximum atomic E-state index is 13.2. The lowest BCUT2D eigenvalue weighted by Gasteiger charge is -2.31. The first kappa shape index (κ1) is 19.2. The van der Waals surface area contributed by atoms with E-state index in [2.05, 4.69) is 25.1 Å². The van der Waals surface area contributed by atoms with Crippen LogP contribution in [0.25, 0.3) is 0 Å². The standard InChI is InChI=1S/C16H23F3N8/c1-25(2)12-9-11(16(17,18)19)20-14(21-12)27-7-5-10(6-8-27)13-22-15(24-23-13)26(3)4/h9-10H,5-8H2,1-4H3,(H,22,23,24). The summed E-state index contributed by atoms with van der Waals surface area (Å²) in [7, 11) is 7.04. The summed E-state index contributed by atoms with van der Waals surface area (Å²) >= 11 is 0. The van der Waals surface area contributed by atoms with Gasteiger partial charge in [0, 0.05) is 53.3 Å². The first-order valence-electron chi connectivity index (χ1n) is 8.63. The lowest BCUT2D eigenvalue weighted by Crippen LogP contribution is -2.35. The molecule has 3 rings (SSSR count). The van der Waals surface area contributed by atoms with Crippen LogP contribution in [0.1, 0.15) is 30.3 Å². The fourth-order valence-electron chi connectivity index (χ4n) is 2.94. The molecular formula is C16H23F3N8. The third-order valence-corrected chi connectivity index (χ3v) is 4.50. The molecule has 148 valence electrons. The van der Waals surface area contributed by atoms with Crippen LogP contribution in [-0.4, -0.2) is 66.4 Å². The number of rotatable bonds is 4. The minimum absolute atomic E-state index is 0.110. The number of hydrogen-bond donors (Lipinski definition) is 1. The van der Waals surface area contributed by atoms with E-state index in [0.717, 1.165) is 24.7 Å². The molecule has 1 fully saturated rings. The Hall–Kier alpha value is -2.59. The molecule has 0 spiro atoms. The van der Waals surface area contributed by atoms with Crippen LogP contribution >= 0.6 is 0 Å². The summed E-state index contributed by atoms with van der Waals surface area (Å²) in [5.41, 5.74) is -0.927. The molecule has 1 saturated heterocycles. The van der Waals surface area contributed by atoms with E-state index in [4.69, 9.17) is 0 Å². The Kier molecular flexibility index (Phi) is 5.11. The number of piperidine rings is 1. The molecule has 1 aliphatic heterocycles. The molecule has 3 heterocycles. The molecular weight excluding hydrogens is 361 g/mol. The van der Waals surface area contributed by atoms with Gasteiger partial charge in [0.05, 0.1) is 0 Å². The molecule has 1 N–H and O–H groups in total. The fourth-order valence-corrected chi connectivity index (χ4v) is 2.94. The summed E-state index contributed by atoms with van der Waals surface area (Å²) < 4.78 is 39.5. The summed E-state index contributed by atoms with van der Waals surface area (Å²) in [6.07, 6.45) is -3.04. The van der Waals surface area contributed by atoms with Crippen LogP contribution < -0.4 is 14.7 Å². The summed E-state index contributed by atoms with van der Waals surface area (Å²) in [4.78, 5) is 17.7.